The van der Waals surface area contributed by atoms with Crippen LogP contribution < -0.4 is 11.1 Å². The Balaban J connectivity index is 2.24. The minimum Gasteiger partial charge on any atom is -0.397 e. The third-order valence-electron chi connectivity index (χ3n) is 1.99. The molecule has 1 aromatic carbocycles. The average Bonchev–Trinajstić information content (AvgIpc) is 2.56. The number of nitrogen functional groups attached to an aromatic ring is 1. The number of rotatable bonds is 2. The van der Waals surface area contributed by atoms with Gasteiger partial charge < -0.3 is 11.1 Å². The van der Waals surface area contributed by atoms with Crippen LogP contribution in [-0.4, -0.2) is 9.78 Å². The van der Waals surface area contributed by atoms with Crippen LogP contribution in [0.15, 0.2) is 30.5 Å². The largest absolute Gasteiger partial charge is 0.397 e. The van der Waals surface area contributed by atoms with E-state index in [2.05, 4.69) is 10.4 Å². The van der Waals surface area contributed by atoms with Crippen molar-refractivity contribution in [3.8, 4) is 0 Å². The molecule has 0 radical (unpaired) electrons. The average molecular weight is 223 g/mol. The summed E-state index contributed by atoms with van der Waals surface area (Å²) in [5.41, 5.74) is 7.20. The highest BCUT2D eigenvalue weighted by atomic mass is 35.5. The summed E-state index contributed by atoms with van der Waals surface area (Å²) in [4.78, 5) is 0. The van der Waals surface area contributed by atoms with Gasteiger partial charge in [0.1, 0.15) is 0 Å². The Bertz CT molecular complexity index is 478. The minimum absolute atomic E-state index is 0.605. The van der Waals surface area contributed by atoms with Gasteiger partial charge in [-0.1, -0.05) is 11.6 Å². The van der Waals surface area contributed by atoms with Crippen molar-refractivity contribution in [1.82, 2.24) is 9.78 Å². The quantitative estimate of drug-likeness (QED) is 0.768. The Labute approximate surface area is 92.7 Å². The second-order valence-corrected chi connectivity index (χ2v) is 3.67. The number of aryl methyl sites for hydroxylation is 1. The fraction of sp³-hybridized carbons (Fsp3) is 0.100. The second kappa shape index (κ2) is 3.82. The van der Waals surface area contributed by atoms with E-state index in [4.69, 9.17) is 17.3 Å². The molecular formula is C10H11ClN4. The number of nitrogens with one attached hydrogen (secondary N) is 1. The highest BCUT2D eigenvalue weighted by Crippen LogP contribution is 2.25. The van der Waals surface area contributed by atoms with Crippen molar-refractivity contribution in [2.45, 2.75) is 0 Å². The van der Waals surface area contributed by atoms with Crippen LogP contribution >= 0.6 is 11.6 Å². The van der Waals surface area contributed by atoms with Crippen molar-refractivity contribution >= 4 is 28.8 Å². The first kappa shape index (κ1) is 9.86. The number of hydrogen-bond acceptors (Lipinski definition) is 3. The van der Waals surface area contributed by atoms with Gasteiger partial charge in [-0.2, -0.15) is 5.10 Å². The van der Waals surface area contributed by atoms with Crippen molar-refractivity contribution in [3.05, 3.63) is 35.5 Å². The van der Waals surface area contributed by atoms with Gasteiger partial charge in [-0.05, 0) is 18.2 Å². The van der Waals surface area contributed by atoms with Crippen LogP contribution in [0.5, 0.6) is 0 Å². The molecular weight excluding hydrogens is 212 g/mol. The molecule has 0 aliphatic rings. The van der Waals surface area contributed by atoms with Crippen molar-refractivity contribution < 1.29 is 0 Å². The normalized spacial score (nSPS) is 10.3. The van der Waals surface area contributed by atoms with Crippen LogP contribution in [0.25, 0.3) is 0 Å². The van der Waals surface area contributed by atoms with Gasteiger partial charge in [-0.3, -0.25) is 4.68 Å². The molecule has 15 heavy (non-hydrogen) atoms. The lowest BCUT2D eigenvalue weighted by Gasteiger charge is -2.06. The Morgan fingerprint density at radius 2 is 2.20 bits per heavy atom. The summed E-state index contributed by atoms with van der Waals surface area (Å²) in [5.74, 6) is 0.756. The van der Waals surface area contributed by atoms with E-state index in [-0.39, 0.29) is 0 Å². The molecule has 78 valence electrons. The topological polar surface area (TPSA) is 55.9 Å². The smallest absolute Gasteiger partial charge is 0.152 e. The van der Waals surface area contributed by atoms with Gasteiger partial charge in [0.25, 0.3) is 0 Å². The van der Waals surface area contributed by atoms with E-state index >= 15 is 0 Å². The third-order valence-corrected chi connectivity index (χ3v) is 2.23. The number of hydrogen-bond donors (Lipinski definition) is 2. The van der Waals surface area contributed by atoms with E-state index in [1.165, 1.54) is 0 Å². The molecule has 0 saturated heterocycles. The molecule has 0 unspecified atom stereocenters. The van der Waals surface area contributed by atoms with Crippen LogP contribution in [0.2, 0.25) is 5.02 Å². The maximum absolute atomic E-state index is 5.80. The lowest BCUT2D eigenvalue weighted by Crippen LogP contribution is -1.97. The first-order valence-electron chi connectivity index (χ1n) is 4.47. The van der Waals surface area contributed by atoms with Crippen molar-refractivity contribution in [2.75, 3.05) is 11.1 Å². The highest BCUT2D eigenvalue weighted by molar-refractivity contribution is 6.31. The molecule has 0 saturated carbocycles. The zero-order chi connectivity index (χ0) is 10.8. The minimum atomic E-state index is 0.605. The monoisotopic (exact) mass is 222 g/mol. The number of aromatic nitrogens is 2. The SMILES string of the molecule is Cn1ccc(Nc2ccc(Cl)cc2N)n1. The van der Waals surface area contributed by atoms with Gasteiger partial charge in [0, 0.05) is 24.3 Å². The van der Waals surface area contributed by atoms with E-state index < -0.39 is 0 Å². The molecule has 5 heteroatoms. The van der Waals surface area contributed by atoms with Gasteiger partial charge in [0.2, 0.25) is 0 Å². The molecule has 4 nitrogen and oxygen atoms in total. The van der Waals surface area contributed by atoms with E-state index in [0.717, 1.165) is 11.5 Å². The molecule has 0 bridgehead atoms. The van der Waals surface area contributed by atoms with Gasteiger partial charge in [-0.15, -0.1) is 0 Å². The molecule has 1 aromatic heterocycles. The predicted molar refractivity (Wildman–Crippen MR) is 62.4 cm³/mol. The van der Waals surface area contributed by atoms with Gasteiger partial charge in [0.15, 0.2) is 5.82 Å². The summed E-state index contributed by atoms with van der Waals surface area (Å²) in [7, 11) is 1.86. The van der Waals surface area contributed by atoms with Crippen LogP contribution in [0.1, 0.15) is 0 Å². The van der Waals surface area contributed by atoms with E-state index in [1.54, 1.807) is 16.8 Å². The maximum Gasteiger partial charge on any atom is 0.152 e. The summed E-state index contributed by atoms with van der Waals surface area (Å²) in [6.07, 6.45) is 1.86. The molecule has 1 heterocycles. The summed E-state index contributed by atoms with van der Waals surface area (Å²) in [6, 6.07) is 7.18. The fourth-order valence-corrected chi connectivity index (χ4v) is 1.45. The summed E-state index contributed by atoms with van der Waals surface area (Å²) in [5, 5.41) is 7.92. The molecule has 3 N–H and O–H groups in total. The molecule has 0 atom stereocenters. The third kappa shape index (κ3) is 2.22. The fourth-order valence-electron chi connectivity index (χ4n) is 1.27. The zero-order valence-electron chi connectivity index (χ0n) is 8.24. The lowest BCUT2D eigenvalue weighted by molar-refractivity contribution is 0.771. The number of anilines is 3. The maximum atomic E-state index is 5.80. The van der Waals surface area contributed by atoms with Gasteiger partial charge in [0.05, 0.1) is 11.4 Å². The molecule has 0 amide bonds. The van der Waals surface area contributed by atoms with Crippen molar-refractivity contribution in [2.24, 2.45) is 7.05 Å². The first-order chi connectivity index (χ1) is 7.15. The van der Waals surface area contributed by atoms with E-state index in [0.29, 0.717) is 10.7 Å². The number of halogens is 1. The Hall–Kier alpha value is -1.68. The Morgan fingerprint density at radius 3 is 2.80 bits per heavy atom. The predicted octanol–water partition coefficient (Wildman–Crippen LogP) is 2.40. The van der Waals surface area contributed by atoms with Crippen molar-refractivity contribution in [3.63, 3.8) is 0 Å². The summed E-state index contributed by atoms with van der Waals surface area (Å²) < 4.78 is 1.72. The summed E-state index contributed by atoms with van der Waals surface area (Å²) >= 11 is 5.80. The van der Waals surface area contributed by atoms with Gasteiger partial charge >= 0.3 is 0 Å². The molecule has 0 aliphatic heterocycles. The van der Waals surface area contributed by atoms with Crippen LogP contribution in [-0.2, 0) is 7.05 Å². The molecule has 0 aliphatic carbocycles. The lowest BCUT2D eigenvalue weighted by atomic mass is 10.2. The number of benzene rings is 1. The molecule has 0 spiro atoms. The van der Waals surface area contributed by atoms with Crippen LogP contribution in [0.3, 0.4) is 0 Å². The standard InChI is InChI=1S/C10H11ClN4/c1-15-5-4-10(14-15)13-9-3-2-7(11)6-8(9)12/h2-6H,12H2,1H3,(H,13,14). The zero-order valence-corrected chi connectivity index (χ0v) is 8.99. The van der Waals surface area contributed by atoms with Gasteiger partial charge in [-0.25, -0.2) is 0 Å². The van der Waals surface area contributed by atoms with Crippen LogP contribution in [0.4, 0.5) is 17.2 Å². The number of nitrogens with zero attached hydrogens (tertiary/aromatic N) is 2. The van der Waals surface area contributed by atoms with E-state index in [9.17, 15) is 0 Å². The summed E-state index contributed by atoms with van der Waals surface area (Å²) in [6.45, 7) is 0. The molecule has 2 rings (SSSR count). The van der Waals surface area contributed by atoms with Crippen LogP contribution in [0, 0.1) is 0 Å². The Kier molecular flexibility index (Phi) is 2.51. The molecule has 2 aromatic rings. The van der Waals surface area contributed by atoms with E-state index in [1.807, 2.05) is 25.4 Å². The number of nitrogens with two attached hydrogens (primary N) is 1. The first-order valence-corrected chi connectivity index (χ1v) is 4.84. The second-order valence-electron chi connectivity index (χ2n) is 3.23. The molecule has 0 fully saturated rings. The van der Waals surface area contributed by atoms with Crippen molar-refractivity contribution in [1.29, 1.82) is 0 Å². The highest BCUT2D eigenvalue weighted by Gasteiger charge is 2.01. The Morgan fingerprint density at radius 1 is 1.40 bits per heavy atom.